The van der Waals surface area contributed by atoms with E-state index in [2.05, 4.69) is 25.5 Å². The Balaban J connectivity index is 2.17. The third-order valence-corrected chi connectivity index (χ3v) is 6.89. The summed E-state index contributed by atoms with van der Waals surface area (Å²) in [5.74, 6) is -0.0740. The minimum atomic E-state index is -3.67. The van der Waals surface area contributed by atoms with Crippen LogP contribution in [0.1, 0.15) is 32.8 Å². The first-order valence-electron chi connectivity index (χ1n) is 6.83. The van der Waals surface area contributed by atoms with Gasteiger partial charge in [-0.1, -0.05) is 32.9 Å². The number of hydrogen-bond acceptors (Lipinski definition) is 4. The van der Waals surface area contributed by atoms with Crippen molar-refractivity contribution >= 4 is 19.9 Å². The molecule has 0 aromatic heterocycles. The highest BCUT2D eigenvalue weighted by molar-refractivity contribution is 7.92. The lowest BCUT2D eigenvalue weighted by atomic mass is 9.87. The maximum absolute atomic E-state index is 12.3. The lowest BCUT2D eigenvalue weighted by Gasteiger charge is -2.19. The Morgan fingerprint density at radius 3 is 2.14 bits per heavy atom. The summed E-state index contributed by atoms with van der Waals surface area (Å²) in [4.78, 5) is 0.166. The average molecular weight is 331 g/mol. The van der Waals surface area contributed by atoms with Gasteiger partial charge in [-0.25, -0.2) is 21.6 Å². The molecule has 0 spiro atoms. The third kappa shape index (κ3) is 4.05. The summed E-state index contributed by atoms with van der Waals surface area (Å²) in [7, 11) is -6.77. The Morgan fingerprint density at radius 2 is 1.71 bits per heavy atom. The SMILES string of the molecule is CC(C)(C)c1ccc(S(=O)(=O)N[C@@H]2CCS(=O)(=O)C2)cc1. The molecule has 1 aromatic carbocycles. The van der Waals surface area contributed by atoms with Crippen LogP contribution in [0, 0.1) is 0 Å². The fraction of sp³-hybridized carbons (Fsp3) is 0.571. The first kappa shape index (κ1) is 16.5. The maximum atomic E-state index is 12.3. The number of nitrogens with one attached hydrogen (secondary N) is 1. The van der Waals surface area contributed by atoms with E-state index in [0.29, 0.717) is 6.42 Å². The predicted octanol–water partition coefficient (Wildman–Crippen LogP) is 1.45. The Morgan fingerprint density at radius 1 is 1.14 bits per heavy atom. The topological polar surface area (TPSA) is 80.3 Å². The van der Waals surface area contributed by atoms with Crippen LogP contribution in [0.15, 0.2) is 29.2 Å². The summed E-state index contributed by atoms with van der Waals surface area (Å²) in [5, 5.41) is 0. The van der Waals surface area contributed by atoms with Gasteiger partial charge in [0.25, 0.3) is 0 Å². The molecule has 1 aromatic rings. The van der Waals surface area contributed by atoms with E-state index >= 15 is 0 Å². The molecule has 1 aliphatic heterocycles. The van der Waals surface area contributed by atoms with Crippen LogP contribution in [-0.2, 0) is 25.3 Å². The average Bonchev–Trinajstić information content (AvgIpc) is 2.67. The monoisotopic (exact) mass is 331 g/mol. The van der Waals surface area contributed by atoms with Crippen LogP contribution in [0.25, 0.3) is 0 Å². The van der Waals surface area contributed by atoms with Gasteiger partial charge in [-0.2, -0.15) is 0 Å². The number of sulfone groups is 1. The van der Waals surface area contributed by atoms with Crippen LogP contribution in [0.2, 0.25) is 0 Å². The largest absolute Gasteiger partial charge is 0.240 e. The lowest BCUT2D eigenvalue weighted by molar-refractivity contribution is 0.561. The van der Waals surface area contributed by atoms with E-state index in [1.54, 1.807) is 24.3 Å². The van der Waals surface area contributed by atoms with E-state index < -0.39 is 25.9 Å². The van der Waals surface area contributed by atoms with Crippen molar-refractivity contribution in [2.45, 2.75) is 43.5 Å². The van der Waals surface area contributed by atoms with Crippen molar-refractivity contribution in [2.24, 2.45) is 0 Å². The first-order chi connectivity index (χ1) is 9.50. The fourth-order valence-corrected chi connectivity index (χ4v) is 5.36. The molecule has 5 nitrogen and oxygen atoms in total. The van der Waals surface area contributed by atoms with Gasteiger partial charge in [-0.15, -0.1) is 0 Å². The molecule has 0 unspecified atom stereocenters. The summed E-state index contributed by atoms with van der Waals surface area (Å²) < 4.78 is 49.8. The number of hydrogen-bond donors (Lipinski definition) is 1. The molecule has 0 aliphatic carbocycles. The van der Waals surface area contributed by atoms with Crippen LogP contribution >= 0.6 is 0 Å². The van der Waals surface area contributed by atoms with E-state index in [1.807, 2.05) is 0 Å². The first-order valence-corrected chi connectivity index (χ1v) is 10.1. The van der Waals surface area contributed by atoms with Crippen LogP contribution in [-0.4, -0.2) is 34.4 Å². The van der Waals surface area contributed by atoms with Gasteiger partial charge in [0.1, 0.15) is 0 Å². The summed E-state index contributed by atoms with van der Waals surface area (Å²) in [6, 6.07) is 6.18. The second kappa shape index (κ2) is 5.37. The van der Waals surface area contributed by atoms with E-state index in [4.69, 9.17) is 0 Å². The highest BCUT2D eigenvalue weighted by Crippen LogP contribution is 2.23. The smallest absolute Gasteiger partial charge is 0.229 e. The van der Waals surface area contributed by atoms with Crippen molar-refractivity contribution in [3.63, 3.8) is 0 Å². The maximum Gasteiger partial charge on any atom is 0.240 e. The third-order valence-electron chi connectivity index (χ3n) is 3.58. The van der Waals surface area contributed by atoms with Crippen molar-refractivity contribution in [1.82, 2.24) is 4.72 Å². The molecule has 1 atom stereocenters. The second-order valence-corrected chi connectivity index (χ2v) is 10.4. The van der Waals surface area contributed by atoms with Crippen molar-refractivity contribution in [2.75, 3.05) is 11.5 Å². The van der Waals surface area contributed by atoms with Gasteiger partial charge in [-0.3, -0.25) is 0 Å². The molecule has 2 rings (SSSR count). The van der Waals surface area contributed by atoms with Gasteiger partial charge in [0.05, 0.1) is 16.4 Å². The standard InChI is InChI=1S/C14H21NO4S2/c1-14(2,3)11-4-6-13(7-5-11)21(18,19)15-12-8-9-20(16,17)10-12/h4-7,12,15H,8-10H2,1-3H3/t12-/m1/s1. The predicted molar refractivity (Wildman–Crippen MR) is 82.5 cm³/mol. The second-order valence-electron chi connectivity index (χ2n) is 6.50. The molecule has 0 bridgehead atoms. The lowest BCUT2D eigenvalue weighted by Crippen LogP contribution is -2.35. The van der Waals surface area contributed by atoms with Crippen molar-refractivity contribution in [3.8, 4) is 0 Å². The Bertz CT molecular complexity index is 713. The van der Waals surface area contributed by atoms with Gasteiger partial charge >= 0.3 is 0 Å². The van der Waals surface area contributed by atoms with Gasteiger partial charge < -0.3 is 0 Å². The Hall–Kier alpha value is -0.920. The van der Waals surface area contributed by atoms with Crippen molar-refractivity contribution in [1.29, 1.82) is 0 Å². The van der Waals surface area contributed by atoms with Crippen molar-refractivity contribution in [3.05, 3.63) is 29.8 Å². The zero-order chi connectivity index (χ0) is 15.9. The quantitative estimate of drug-likeness (QED) is 0.909. The van der Waals surface area contributed by atoms with Gasteiger partial charge in [0.2, 0.25) is 10.0 Å². The molecular formula is C14H21NO4S2. The zero-order valence-corrected chi connectivity index (χ0v) is 14.1. The molecule has 1 fully saturated rings. The molecule has 21 heavy (non-hydrogen) atoms. The van der Waals surface area contributed by atoms with Gasteiger partial charge in [0, 0.05) is 6.04 Å². The number of rotatable bonds is 3. The van der Waals surface area contributed by atoms with E-state index in [-0.39, 0.29) is 21.8 Å². The Kier molecular flexibility index (Phi) is 4.21. The van der Waals surface area contributed by atoms with E-state index in [1.165, 1.54) is 0 Å². The summed E-state index contributed by atoms with van der Waals surface area (Å²) in [6.45, 7) is 6.16. The van der Waals surface area contributed by atoms with Gasteiger partial charge in [0.15, 0.2) is 9.84 Å². The molecule has 0 radical (unpaired) electrons. The molecule has 1 heterocycles. The molecule has 1 aliphatic rings. The number of sulfonamides is 1. The molecule has 1 N–H and O–H groups in total. The molecule has 0 saturated carbocycles. The number of benzene rings is 1. The van der Waals surface area contributed by atoms with E-state index in [9.17, 15) is 16.8 Å². The normalized spacial score (nSPS) is 22.3. The zero-order valence-electron chi connectivity index (χ0n) is 12.5. The van der Waals surface area contributed by atoms with Crippen molar-refractivity contribution < 1.29 is 16.8 Å². The minimum absolute atomic E-state index is 0.0448. The molecule has 118 valence electrons. The summed E-state index contributed by atoms with van der Waals surface area (Å²) in [5.41, 5.74) is 1.000. The van der Waals surface area contributed by atoms with Crippen LogP contribution in [0.5, 0.6) is 0 Å². The highest BCUT2D eigenvalue weighted by atomic mass is 32.2. The minimum Gasteiger partial charge on any atom is -0.229 e. The Labute approximate surface area is 126 Å². The van der Waals surface area contributed by atoms with Crippen LogP contribution < -0.4 is 4.72 Å². The van der Waals surface area contributed by atoms with Gasteiger partial charge in [-0.05, 0) is 29.5 Å². The van der Waals surface area contributed by atoms with Crippen LogP contribution in [0.4, 0.5) is 0 Å². The summed E-state index contributed by atoms with van der Waals surface area (Å²) >= 11 is 0. The fourth-order valence-electron chi connectivity index (χ4n) is 2.31. The summed E-state index contributed by atoms with van der Waals surface area (Å²) in [6.07, 6.45) is 0.335. The molecule has 0 amide bonds. The molecule has 1 saturated heterocycles. The van der Waals surface area contributed by atoms with E-state index in [0.717, 1.165) is 5.56 Å². The van der Waals surface area contributed by atoms with Crippen LogP contribution in [0.3, 0.4) is 0 Å². The molecule has 7 heteroatoms. The highest BCUT2D eigenvalue weighted by Gasteiger charge is 2.31. The molecular weight excluding hydrogens is 310 g/mol.